The lowest BCUT2D eigenvalue weighted by molar-refractivity contribution is -0.133. The molecule has 1 aliphatic heterocycles. The quantitative estimate of drug-likeness (QED) is 0.902. The molecule has 1 saturated carbocycles. The minimum absolute atomic E-state index is 0.00660. The number of hydrogen-bond acceptors (Lipinski definition) is 2. The molecule has 0 aromatic heterocycles. The molecule has 3 nitrogen and oxygen atoms in total. The van der Waals surface area contributed by atoms with Gasteiger partial charge in [-0.1, -0.05) is 36.6 Å². The fraction of sp³-hybridized carbons (Fsp3) is 0.533. The Balaban J connectivity index is 1.93. The predicted octanol–water partition coefficient (Wildman–Crippen LogP) is 3.10. The lowest BCUT2D eigenvalue weighted by Gasteiger charge is -2.22. The number of halogens is 1. The maximum absolute atomic E-state index is 12.6. The minimum Gasteiger partial charge on any atom is -0.322 e. The largest absolute Gasteiger partial charge is 0.322 e. The highest BCUT2D eigenvalue weighted by atomic mass is 35.5. The molecule has 1 saturated heterocycles. The van der Waals surface area contributed by atoms with E-state index in [4.69, 9.17) is 11.6 Å². The molecular weight excluding hydrogens is 260 g/mol. The number of benzene rings is 1. The van der Waals surface area contributed by atoms with E-state index in [1.165, 1.54) is 0 Å². The number of nitrogens with one attached hydrogen (secondary N) is 1. The molecule has 1 heterocycles. The third-order valence-electron chi connectivity index (χ3n) is 4.38. The van der Waals surface area contributed by atoms with Gasteiger partial charge in [0.2, 0.25) is 5.91 Å². The van der Waals surface area contributed by atoms with Crippen LogP contribution in [0.25, 0.3) is 0 Å². The summed E-state index contributed by atoms with van der Waals surface area (Å²) in [5.74, 6) is 0.271. The first-order valence-corrected chi connectivity index (χ1v) is 7.38. The monoisotopic (exact) mass is 278 g/mol. The standard InChI is InChI=1S/C15H19ClN2O/c1-2-18-13(11-5-7-12(16)8-6-11)17-15(14(18)19)9-3-4-10-15/h5-8,13,17H,2-4,9-10H2,1H3. The highest BCUT2D eigenvalue weighted by molar-refractivity contribution is 6.30. The molecule has 1 amide bonds. The van der Waals surface area contributed by atoms with Crippen molar-refractivity contribution < 1.29 is 4.79 Å². The summed E-state index contributed by atoms with van der Waals surface area (Å²) in [4.78, 5) is 14.6. The van der Waals surface area contributed by atoms with Crippen molar-refractivity contribution in [2.24, 2.45) is 0 Å². The van der Waals surface area contributed by atoms with Crippen LogP contribution < -0.4 is 5.32 Å². The summed E-state index contributed by atoms with van der Waals surface area (Å²) >= 11 is 5.94. The Kier molecular flexibility index (Phi) is 3.27. The third kappa shape index (κ3) is 2.05. The first kappa shape index (κ1) is 12.9. The Morgan fingerprint density at radius 3 is 2.53 bits per heavy atom. The van der Waals surface area contributed by atoms with Gasteiger partial charge in [-0.2, -0.15) is 0 Å². The van der Waals surface area contributed by atoms with Crippen LogP contribution in [0.4, 0.5) is 0 Å². The second-order valence-electron chi connectivity index (χ2n) is 5.48. The number of likely N-dealkylation sites (N-methyl/N-ethyl adjacent to an activating group) is 1. The third-order valence-corrected chi connectivity index (χ3v) is 4.63. The van der Waals surface area contributed by atoms with Crippen molar-refractivity contribution in [3.8, 4) is 0 Å². The number of carbonyl (C=O) groups is 1. The van der Waals surface area contributed by atoms with Crippen LogP contribution in [0.2, 0.25) is 5.02 Å². The molecule has 2 fully saturated rings. The molecule has 1 N–H and O–H groups in total. The van der Waals surface area contributed by atoms with Crippen molar-refractivity contribution in [1.82, 2.24) is 10.2 Å². The molecule has 102 valence electrons. The fourth-order valence-corrected chi connectivity index (χ4v) is 3.49. The van der Waals surface area contributed by atoms with Gasteiger partial charge in [0, 0.05) is 11.6 Å². The summed E-state index contributed by atoms with van der Waals surface area (Å²) in [5.41, 5.74) is 0.809. The second-order valence-corrected chi connectivity index (χ2v) is 5.92. The van der Waals surface area contributed by atoms with Crippen LogP contribution in [0, 0.1) is 0 Å². The first-order valence-electron chi connectivity index (χ1n) is 7.00. The zero-order valence-electron chi connectivity index (χ0n) is 11.2. The van der Waals surface area contributed by atoms with Crippen molar-refractivity contribution in [2.45, 2.75) is 44.3 Å². The van der Waals surface area contributed by atoms with E-state index in [0.717, 1.165) is 42.8 Å². The Labute approximate surface area is 118 Å². The van der Waals surface area contributed by atoms with Gasteiger partial charge < -0.3 is 4.90 Å². The predicted molar refractivity (Wildman–Crippen MR) is 75.9 cm³/mol. The van der Waals surface area contributed by atoms with Gasteiger partial charge >= 0.3 is 0 Å². The van der Waals surface area contributed by atoms with Crippen molar-refractivity contribution in [1.29, 1.82) is 0 Å². The van der Waals surface area contributed by atoms with Crippen LogP contribution in [0.3, 0.4) is 0 Å². The minimum atomic E-state index is -0.305. The lowest BCUT2D eigenvalue weighted by Crippen LogP contribution is -2.43. The van der Waals surface area contributed by atoms with Crippen LogP contribution >= 0.6 is 11.6 Å². The van der Waals surface area contributed by atoms with Crippen LogP contribution in [0.15, 0.2) is 24.3 Å². The van der Waals surface area contributed by atoms with Crippen molar-refractivity contribution in [2.75, 3.05) is 6.54 Å². The highest BCUT2D eigenvalue weighted by Crippen LogP contribution is 2.40. The van der Waals surface area contributed by atoms with Crippen molar-refractivity contribution >= 4 is 17.5 Å². The highest BCUT2D eigenvalue weighted by Gasteiger charge is 2.51. The van der Waals surface area contributed by atoms with Gasteiger partial charge in [-0.15, -0.1) is 0 Å². The Hall–Kier alpha value is -1.06. The molecule has 0 radical (unpaired) electrons. The topological polar surface area (TPSA) is 32.3 Å². The van der Waals surface area contributed by atoms with Gasteiger partial charge in [-0.05, 0) is 37.5 Å². The average Bonchev–Trinajstić information content (AvgIpc) is 2.99. The maximum Gasteiger partial charge on any atom is 0.244 e. The average molecular weight is 279 g/mol. The lowest BCUT2D eigenvalue weighted by atomic mass is 9.98. The molecule has 1 aliphatic carbocycles. The molecule has 1 atom stereocenters. The summed E-state index contributed by atoms with van der Waals surface area (Å²) in [5, 5.41) is 4.31. The van der Waals surface area contributed by atoms with E-state index >= 15 is 0 Å². The van der Waals surface area contributed by atoms with E-state index in [2.05, 4.69) is 5.32 Å². The number of hydrogen-bond donors (Lipinski definition) is 1. The van der Waals surface area contributed by atoms with Gasteiger partial charge in [-0.3, -0.25) is 10.1 Å². The summed E-state index contributed by atoms with van der Waals surface area (Å²) in [6.07, 6.45) is 4.21. The number of carbonyl (C=O) groups excluding carboxylic acids is 1. The van der Waals surface area contributed by atoms with Crippen molar-refractivity contribution in [3.63, 3.8) is 0 Å². The Bertz CT molecular complexity index is 479. The van der Waals surface area contributed by atoms with Gasteiger partial charge in [0.1, 0.15) is 6.17 Å². The SMILES string of the molecule is CCN1C(=O)C2(CCCC2)NC1c1ccc(Cl)cc1. The van der Waals surface area contributed by atoms with Gasteiger partial charge in [0.15, 0.2) is 0 Å². The van der Waals surface area contributed by atoms with E-state index in [9.17, 15) is 4.79 Å². The molecule has 4 heteroatoms. The van der Waals surface area contributed by atoms with Crippen LogP contribution in [-0.2, 0) is 4.79 Å². The van der Waals surface area contributed by atoms with Gasteiger partial charge in [-0.25, -0.2) is 0 Å². The molecule has 1 aromatic rings. The molecule has 1 aromatic carbocycles. The normalized spacial score (nSPS) is 25.5. The summed E-state index contributed by atoms with van der Waals surface area (Å²) in [6.45, 7) is 2.78. The zero-order valence-corrected chi connectivity index (χ0v) is 11.9. The number of rotatable bonds is 2. The van der Waals surface area contributed by atoms with E-state index in [1.807, 2.05) is 36.1 Å². The van der Waals surface area contributed by atoms with E-state index in [0.29, 0.717) is 0 Å². The van der Waals surface area contributed by atoms with Crippen molar-refractivity contribution in [3.05, 3.63) is 34.9 Å². The first-order chi connectivity index (χ1) is 9.16. The van der Waals surface area contributed by atoms with Crippen LogP contribution in [0.1, 0.15) is 44.3 Å². The number of nitrogens with zero attached hydrogens (tertiary/aromatic N) is 1. The second kappa shape index (κ2) is 4.80. The van der Waals surface area contributed by atoms with E-state index < -0.39 is 0 Å². The molecule has 3 rings (SSSR count). The van der Waals surface area contributed by atoms with Gasteiger partial charge in [0.25, 0.3) is 0 Å². The van der Waals surface area contributed by atoms with E-state index in [-0.39, 0.29) is 17.6 Å². The molecule has 1 unspecified atom stereocenters. The fourth-order valence-electron chi connectivity index (χ4n) is 3.36. The number of amides is 1. The summed E-state index contributed by atoms with van der Waals surface area (Å²) < 4.78 is 0. The molecule has 19 heavy (non-hydrogen) atoms. The Morgan fingerprint density at radius 2 is 1.95 bits per heavy atom. The maximum atomic E-state index is 12.6. The summed E-state index contributed by atoms with van der Waals surface area (Å²) in [6, 6.07) is 7.78. The molecular formula is C15H19ClN2O. The zero-order chi connectivity index (χ0) is 13.5. The van der Waals surface area contributed by atoms with Gasteiger partial charge in [0.05, 0.1) is 5.54 Å². The smallest absolute Gasteiger partial charge is 0.244 e. The van der Waals surface area contributed by atoms with Crippen LogP contribution in [0.5, 0.6) is 0 Å². The molecule has 1 spiro atoms. The molecule has 2 aliphatic rings. The van der Waals surface area contributed by atoms with E-state index in [1.54, 1.807) is 0 Å². The summed E-state index contributed by atoms with van der Waals surface area (Å²) in [7, 11) is 0. The van der Waals surface area contributed by atoms with Crippen LogP contribution in [-0.4, -0.2) is 22.9 Å². The molecule has 0 bridgehead atoms. The Morgan fingerprint density at radius 1 is 1.32 bits per heavy atom.